The number of aromatic amines is 1. The van der Waals surface area contributed by atoms with Crippen molar-refractivity contribution in [3.63, 3.8) is 0 Å². The van der Waals surface area contributed by atoms with Crippen LogP contribution in [0.5, 0.6) is 0 Å². The Balaban J connectivity index is 1.27. The number of aryl methyl sites for hydroxylation is 1. The van der Waals surface area contributed by atoms with Gasteiger partial charge in [0.15, 0.2) is 17.5 Å². The van der Waals surface area contributed by atoms with Crippen molar-refractivity contribution in [1.29, 1.82) is 0 Å². The topological polar surface area (TPSA) is 135 Å². The molecule has 12 nitrogen and oxygen atoms in total. The third-order valence-corrected chi connectivity index (χ3v) is 7.07. The minimum atomic E-state index is -0.827. The monoisotopic (exact) mass is 541 g/mol. The van der Waals surface area contributed by atoms with Crippen LogP contribution in [0.3, 0.4) is 0 Å². The maximum Gasteiger partial charge on any atom is 0.295 e. The molecule has 5 aromatic rings. The summed E-state index contributed by atoms with van der Waals surface area (Å²) in [5.74, 6) is -1.43. The average Bonchev–Trinajstić information content (AvgIpc) is 3.66. The van der Waals surface area contributed by atoms with Crippen molar-refractivity contribution in [2.75, 3.05) is 24.5 Å². The quantitative estimate of drug-likeness (QED) is 0.264. The summed E-state index contributed by atoms with van der Waals surface area (Å²) in [4.78, 5) is 49.6. The third kappa shape index (κ3) is 4.21. The number of aromatic nitrogens is 7. The zero-order chi connectivity index (χ0) is 28.0. The molecule has 202 valence electrons. The molecule has 1 aromatic carbocycles. The molecule has 40 heavy (non-hydrogen) atoms. The maximum absolute atomic E-state index is 14.9. The summed E-state index contributed by atoms with van der Waals surface area (Å²) in [7, 11) is 1.59. The lowest BCUT2D eigenvalue weighted by molar-refractivity contribution is -0.128. The molecule has 0 unspecified atom stereocenters. The molecule has 13 heteroatoms. The molecule has 1 atom stereocenters. The molecule has 6 rings (SSSR count). The summed E-state index contributed by atoms with van der Waals surface area (Å²) < 4.78 is 17.5. The van der Waals surface area contributed by atoms with E-state index in [0.717, 1.165) is 11.8 Å². The standard InChI is InChI=1S/C27H24FN9O3/c1-16-15-35(25-18(12-21(38)34(2)32-25)17-6-4-3-5-7-17)10-11-36(16)27(40)24(39)19-13-29-23-22(19)20(28)14-30-26(23)37-9-8-31-33-37/h3-9,12-14,16,29H,10-11,15H2,1-2H3/t16-/m1/s1. The first-order chi connectivity index (χ1) is 19.3. The van der Waals surface area contributed by atoms with Gasteiger partial charge in [0, 0.05) is 50.6 Å². The number of hydrogen-bond donors (Lipinski definition) is 1. The third-order valence-electron chi connectivity index (χ3n) is 7.07. The van der Waals surface area contributed by atoms with Gasteiger partial charge in [-0.1, -0.05) is 35.5 Å². The van der Waals surface area contributed by atoms with Crippen LogP contribution in [0.15, 0.2) is 66.0 Å². The lowest BCUT2D eigenvalue weighted by Gasteiger charge is -2.40. The molecule has 1 saturated heterocycles. The number of piperazine rings is 1. The number of pyridine rings is 1. The highest BCUT2D eigenvalue weighted by Crippen LogP contribution is 2.30. The van der Waals surface area contributed by atoms with Gasteiger partial charge in [0.2, 0.25) is 0 Å². The average molecular weight is 542 g/mol. The number of nitrogens with one attached hydrogen (secondary N) is 1. The minimum absolute atomic E-state index is 0.0351. The smallest absolute Gasteiger partial charge is 0.295 e. The van der Waals surface area contributed by atoms with Crippen molar-refractivity contribution in [2.24, 2.45) is 7.05 Å². The van der Waals surface area contributed by atoms with Gasteiger partial charge in [-0.05, 0) is 12.5 Å². The lowest BCUT2D eigenvalue weighted by atomic mass is 10.0. The second kappa shape index (κ2) is 9.84. The Morgan fingerprint density at radius 1 is 1.12 bits per heavy atom. The lowest BCUT2D eigenvalue weighted by Crippen LogP contribution is -2.56. The summed E-state index contributed by atoms with van der Waals surface area (Å²) in [6.07, 6.45) is 5.29. The largest absolute Gasteiger partial charge is 0.357 e. The Morgan fingerprint density at radius 2 is 1.93 bits per heavy atom. The maximum atomic E-state index is 14.9. The number of rotatable bonds is 5. The normalized spacial score (nSPS) is 15.5. The summed E-state index contributed by atoms with van der Waals surface area (Å²) in [6.45, 7) is 2.84. The molecule has 0 saturated carbocycles. The van der Waals surface area contributed by atoms with Crippen molar-refractivity contribution < 1.29 is 14.0 Å². The summed E-state index contributed by atoms with van der Waals surface area (Å²) >= 11 is 0. The number of benzene rings is 1. The van der Waals surface area contributed by atoms with Crippen molar-refractivity contribution >= 4 is 28.4 Å². The van der Waals surface area contributed by atoms with Crippen LogP contribution < -0.4 is 10.5 Å². The first-order valence-corrected chi connectivity index (χ1v) is 12.6. The highest BCUT2D eigenvalue weighted by molar-refractivity contribution is 6.45. The van der Waals surface area contributed by atoms with E-state index in [1.807, 2.05) is 42.2 Å². The van der Waals surface area contributed by atoms with E-state index < -0.39 is 17.5 Å². The fourth-order valence-corrected chi connectivity index (χ4v) is 5.06. The SMILES string of the molecule is C[C@@H]1CN(c2nn(C)c(=O)cc2-c2ccccc2)CCN1C(=O)C(=O)c1c[nH]c2c(-n3ccnn3)ncc(F)c12. The van der Waals surface area contributed by atoms with Crippen LogP contribution in [0, 0.1) is 5.82 Å². The number of amides is 1. The van der Waals surface area contributed by atoms with Crippen molar-refractivity contribution in [1.82, 2.24) is 39.6 Å². The van der Waals surface area contributed by atoms with E-state index in [0.29, 0.717) is 24.5 Å². The minimum Gasteiger partial charge on any atom is -0.357 e. The van der Waals surface area contributed by atoms with E-state index in [-0.39, 0.29) is 40.4 Å². The van der Waals surface area contributed by atoms with Crippen LogP contribution in [0.1, 0.15) is 17.3 Å². The number of hydrogen-bond acceptors (Lipinski definition) is 8. The van der Waals surface area contributed by atoms with Gasteiger partial charge in [0.05, 0.1) is 35.1 Å². The van der Waals surface area contributed by atoms with Crippen LogP contribution in [-0.4, -0.2) is 77.0 Å². The van der Waals surface area contributed by atoms with E-state index in [9.17, 15) is 18.8 Å². The molecule has 0 bridgehead atoms. The molecule has 0 aliphatic carbocycles. The highest BCUT2D eigenvalue weighted by Gasteiger charge is 2.34. The van der Waals surface area contributed by atoms with Gasteiger partial charge >= 0.3 is 0 Å². The van der Waals surface area contributed by atoms with E-state index in [4.69, 9.17) is 0 Å². The van der Waals surface area contributed by atoms with Crippen LogP contribution in [0.4, 0.5) is 10.2 Å². The predicted octanol–water partition coefficient (Wildman–Crippen LogP) is 1.96. The molecule has 5 heterocycles. The second-order valence-electron chi connectivity index (χ2n) is 9.56. The van der Waals surface area contributed by atoms with Crippen LogP contribution in [0.2, 0.25) is 0 Å². The molecule has 0 spiro atoms. The van der Waals surface area contributed by atoms with Crippen LogP contribution in [-0.2, 0) is 11.8 Å². The van der Waals surface area contributed by atoms with E-state index >= 15 is 0 Å². The molecule has 1 fully saturated rings. The summed E-state index contributed by atoms with van der Waals surface area (Å²) in [6, 6.07) is 10.7. The van der Waals surface area contributed by atoms with Gasteiger partial charge in [-0.25, -0.2) is 18.7 Å². The fourth-order valence-electron chi connectivity index (χ4n) is 5.06. The fraction of sp³-hybridized carbons (Fsp3) is 0.222. The zero-order valence-corrected chi connectivity index (χ0v) is 21.7. The van der Waals surface area contributed by atoms with Gasteiger partial charge in [0.1, 0.15) is 0 Å². The number of ketones is 1. The molecule has 1 aliphatic rings. The summed E-state index contributed by atoms with van der Waals surface area (Å²) in [5.41, 5.74) is 1.46. The van der Waals surface area contributed by atoms with Crippen molar-refractivity contribution in [3.05, 3.63) is 82.9 Å². The number of anilines is 1. The van der Waals surface area contributed by atoms with Gasteiger partial charge in [-0.3, -0.25) is 14.4 Å². The van der Waals surface area contributed by atoms with Crippen LogP contribution in [0.25, 0.3) is 27.8 Å². The van der Waals surface area contributed by atoms with Crippen molar-refractivity contribution in [3.8, 4) is 16.9 Å². The number of nitrogens with zero attached hydrogens (tertiary/aromatic N) is 8. The number of fused-ring (bicyclic) bond motifs is 1. The molecule has 4 aromatic heterocycles. The zero-order valence-electron chi connectivity index (χ0n) is 21.7. The number of carbonyl (C=O) groups is 2. The molecule has 1 aliphatic heterocycles. The van der Waals surface area contributed by atoms with E-state index in [1.165, 1.54) is 32.9 Å². The first-order valence-electron chi connectivity index (χ1n) is 12.6. The highest BCUT2D eigenvalue weighted by atomic mass is 19.1. The van der Waals surface area contributed by atoms with Crippen LogP contribution >= 0.6 is 0 Å². The Bertz CT molecular complexity index is 1800. The number of Topliss-reactive ketones (excluding diaryl/α,β-unsaturated/α-hetero) is 1. The Morgan fingerprint density at radius 3 is 2.65 bits per heavy atom. The Labute approximate surface area is 226 Å². The van der Waals surface area contributed by atoms with Gasteiger partial charge in [0.25, 0.3) is 17.2 Å². The van der Waals surface area contributed by atoms with E-state index in [1.54, 1.807) is 13.1 Å². The second-order valence-corrected chi connectivity index (χ2v) is 9.56. The molecule has 1 amide bonds. The van der Waals surface area contributed by atoms with Gasteiger partial charge < -0.3 is 14.8 Å². The molecular weight excluding hydrogens is 517 g/mol. The number of H-pyrrole nitrogens is 1. The molecule has 1 N–H and O–H groups in total. The molecule has 0 radical (unpaired) electrons. The summed E-state index contributed by atoms with van der Waals surface area (Å²) in [5, 5.41) is 12.1. The van der Waals surface area contributed by atoms with Crippen molar-refractivity contribution in [2.45, 2.75) is 13.0 Å². The van der Waals surface area contributed by atoms with Gasteiger partial charge in [-0.15, -0.1) is 5.10 Å². The Hall–Kier alpha value is -5.20. The molecular formula is C27H24FN9O3. The predicted molar refractivity (Wildman–Crippen MR) is 144 cm³/mol. The number of carbonyl (C=O) groups excluding carboxylic acids is 2. The first kappa shape index (κ1) is 25.1. The van der Waals surface area contributed by atoms with E-state index in [2.05, 4.69) is 25.4 Å². The Kier molecular flexibility index (Phi) is 6.17. The van der Waals surface area contributed by atoms with Gasteiger partial charge in [-0.2, -0.15) is 5.10 Å². The number of halogens is 1.